The second-order valence-corrected chi connectivity index (χ2v) is 16.4. The van der Waals surface area contributed by atoms with Gasteiger partial charge in [0, 0.05) is 50.9 Å². The van der Waals surface area contributed by atoms with E-state index in [-0.39, 0.29) is 78.3 Å². The number of nitrogens with zero attached hydrogens (tertiary/aromatic N) is 7. The zero-order chi connectivity index (χ0) is 46.7. The number of carbonyl (C=O) groups is 3. The first-order valence-electron chi connectivity index (χ1n) is 21.9. The Hall–Kier alpha value is -6.38. The van der Waals surface area contributed by atoms with Crippen molar-refractivity contribution in [2.45, 2.75) is 77.7 Å². The van der Waals surface area contributed by atoms with Gasteiger partial charge in [-0.25, -0.2) is 28.7 Å². The molecule has 67 heavy (non-hydrogen) atoms. The third-order valence-electron chi connectivity index (χ3n) is 11.9. The summed E-state index contributed by atoms with van der Waals surface area (Å²) >= 11 is 0. The molecule has 18 nitrogen and oxygen atoms in total. The highest BCUT2D eigenvalue weighted by molar-refractivity contribution is 6.02. The van der Waals surface area contributed by atoms with Crippen LogP contribution in [0.15, 0.2) is 58.8 Å². The average Bonchev–Trinajstić information content (AvgIpc) is 4.05. The number of piperidine rings is 2. The molecular weight excluding hydrogens is 894 g/mol. The van der Waals surface area contributed by atoms with Gasteiger partial charge in [0.2, 0.25) is 5.91 Å². The van der Waals surface area contributed by atoms with Gasteiger partial charge in [-0.05, 0) is 100 Å². The molecule has 2 unspecified atom stereocenters. The average molecular weight is 949 g/mol. The lowest BCUT2D eigenvalue weighted by molar-refractivity contribution is -0.136. The number of benzene rings is 2. The van der Waals surface area contributed by atoms with Gasteiger partial charge in [-0.3, -0.25) is 14.4 Å². The molecule has 4 aliphatic rings. The molecule has 4 N–H and O–H groups in total. The summed E-state index contributed by atoms with van der Waals surface area (Å²) < 4.78 is 37.1. The van der Waals surface area contributed by atoms with Crippen LogP contribution in [0.25, 0.3) is 0 Å². The second-order valence-electron chi connectivity index (χ2n) is 16.4. The molecule has 2 aromatic heterocycles. The van der Waals surface area contributed by atoms with Gasteiger partial charge in [0.25, 0.3) is 11.8 Å². The minimum Gasteiger partial charge on any atom is -0.494 e. The number of amides is 3. The topological polar surface area (TPSA) is 224 Å². The first-order valence-corrected chi connectivity index (χ1v) is 21.9. The number of halogens is 3. The first kappa shape index (κ1) is 50.0. The van der Waals surface area contributed by atoms with Crippen molar-refractivity contribution in [1.29, 1.82) is 0 Å². The maximum atomic E-state index is 13.6. The van der Waals surface area contributed by atoms with Crippen LogP contribution in [0.3, 0.4) is 0 Å². The lowest BCUT2D eigenvalue weighted by Crippen LogP contribution is -2.42. The molecule has 2 fully saturated rings. The second kappa shape index (κ2) is 23.4. The Kier molecular flexibility index (Phi) is 17.5. The number of oxime groups is 2. The van der Waals surface area contributed by atoms with Gasteiger partial charge < -0.3 is 45.1 Å². The minimum atomic E-state index is -0.473. The quantitative estimate of drug-likeness (QED) is 0.146. The van der Waals surface area contributed by atoms with Crippen LogP contribution in [0.2, 0.25) is 0 Å². The fourth-order valence-electron chi connectivity index (χ4n) is 8.28. The van der Waals surface area contributed by atoms with E-state index in [9.17, 15) is 23.2 Å². The van der Waals surface area contributed by atoms with E-state index in [2.05, 4.69) is 46.2 Å². The molecule has 2 atom stereocenters. The monoisotopic (exact) mass is 948 g/mol. The van der Waals surface area contributed by atoms with E-state index in [1.54, 1.807) is 49.1 Å². The summed E-state index contributed by atoms with van der Waals surface area (Å²) in [5.74, 6) is -0.0481. The number of aromatic nitrogens is 4. The van der Waals surface area contributed by atoms with Crippen molar-refractivity contribution < 1.29 is 47.4 Å². The van der Waals surface area contributed by atoms with Crippen LogP contribution in [0, 0.1) is 37.3 Å². The predicted molar refractivity (Wildman–Crippen MR) is 243 cm³/mol. The Morgan fingerprint density at radius 2 is 1.16 bits per heavy atom. The summed E-state index contributed by atoms with van der Waals surface area (Å²) in [6.45, 7) is 6.52. The van der Waals surface area contributed by atoms with Crippen LogP contribution >= 0.6 is 12.4 Å². The van der Waals surface area contributed by atoms with E-state index in [0.29, 0.717) is 66.2 Å². The van der Waals surface area contributed by atoms with Gasteiger partial charge in [0.1, 0.15) is 53.3 Å². The van der Waals surface area contributed by atoms with Gasteiger partial charge in [-0.15, -0.1) is 12.4 Å². The maximum Gasteiger partial charge on any atom is 0.270 e. The zero-order valence-electron chi connectivity index (χ0n) is 37.7. The maximum absolute atomic E-state index is 13.6. The SMILES string of the molecule is COc1cc(CNC(=O)c2cc(C3=NOC(C4CCN(C(=O)CO)CC4)C3)nc(C)n2)ccc1F.COc1cc(CNC(=O)c2cc(C3=NOC(C4CCNCC4)C3)nc(C)n2)ccc1F.Cl. The number of rotatable bonds is 13. The smallest absolute Gasteiger partial charge is 0.270 e. The van der Waals surface area contributed by atoms with Crippen LogP contribution in [-0.2, 0) is 27.6 Å². The van der Waals surface area contributed by atoms with E-state index in [1.807, 2.05) is 0 Å². The molecule has 0 spiro atoms. The molecule has 0 radical (unpaired) electrons. The molecule has 2 saturated heterocycles. The first-order chi connectivity index (χ1) is 31.9. The number of ether oxygens (including phenoxy) is 2. The molecule has 6 heterocycles. The van der Waals surface area contributed by atoms with Gasteiger partial charge in [-0.1, -0.05) is 22.4 Å². The summed E-state index contributed by atoms with van der Waals surface area (Å²) in [7, 11) is 2.78. The highest BCUT2D eigenvalue weighted by atomic mass is 35.5. The van der Waals surface area contributed by atoms with Crippen molar-refractivity contribution in [2.24, 2.45) is 22.1 Å². The molecule has 4 aliphatic heterocycles. The Bertz CT molecular complexity index is 2470. The van der Waals surface area contributed by atoms with Gasteiger partial charge in [-0.2, -0.15) is 0 Å². The van der Waals surface area contributed by atoms with Crippen molar-refractivity contribution in [2.75, 3.05) is 47.0 Å². The highest BCUT2D eigenvalue weighted by Gasteiger charge is 2.35. The predicted octanol–water partition coefficient (Wildman–Crippen LogP) is 4.36. The largest absolute Gasteiger partial charge is 0.494 e. The van der Waals surface area contributed by atoms with Crippen LogP contribution in [0.5, 0.6) is 11.5 Å². The number of nitrogens with one attached hydrogen (secondary N) is 3. The number of aryl methyl sites for hydroxylation is 2. The summed E-state index contributed by atoms with van der Waals surface area (Å²) in [5.41, 5.74) is 4.38. The molecule has 0 saturated carbocycles. The lowest BCUT2D eigenvalue weighted by atomic mass is 9.88. The van der Waals surface area contributed by atoms with E-state index in [4.69, 9.17) is 24.3 Å². The molecule has 0 aliphatic carbocycles. The number of aliphatic hydroxyl groups is 1. The normalized spacial score (nSPS) is 18.2. The third kappa shape index (κ3) is 13.0. The summed E-state index contributed by atoms with van der Waals surface area (Å²) in [6, 6.07) is 12.1. The minimum absolute atomic E-state index is 0. The Labute approximate surface area is 392 Å². The molecule has 2 aromatic carbocycles. The van der Waals surface area contributed by atoms with Crippen LogP contribution < -0.4 is 25.4 Å². The molecule has 358 valence electrons. The van der Waals surface area contributed by atoms with Gasteiger partial charge >= 0.3 is 0 Å². The number of likely N-dealkylation sites (tertiary alicyclic amines) is 1. The van der Waals surface area contributed by atoms with Crippen LogP contribution in [-0.4, -0.2) is 118 Å². The molecule has 4 aromatic rings. The van der Waals surface area contributed by atoms with Crippen molar-refractivity contribution in [3.05, 3.63) is 106 Å². The number of methoxy groups -OCH3 is 2. The van der Waals surface area contributed by atoms with Crippen molar-refractivity contribution >= 4 is 41.6 Å². The van der Waals surface area contributed by atoms with E-state index in [0.717, 1.165) is 50.0 Å². The Morgan fingerprint density at radius 1 is 0.716 bits per heavy atom. The summed E-state index contributed by atoms with van der Waals surface area (Å²) in [5, 5.41) is 26.5. The lowest BCUT2D eigenvalue weighted by Gasteiger charge is -2.33. The van der Waals surface area contributed by atoms with E-state index in [1.165, 1.54) is 32.4 Å². The number of aliphatic hydroxyl groups excluding tert-OH is 1. The summed E-state index contributed by atoms with van der Waals surface area (Å²) in [4.78, 5) is 67.6. The van der Waals surface area contributed by atoms with Gasteiger partial charge in [0.05, 0.1) is 25.6 Å². The molecule has 8 rings (SSSR count). The van der Waals surface area contributed by atoms with Crippen molar-refractivity contribution in [1.82, 2.24) is 40.8 Å². The molecule has 21 heteroatoms. The van der Waals surface area contributed by atoms with Crippen molar-refractivity contribution in [3.63, 3.8) is 0 Å². The Balaban J connectivity index is 0.000000219. The Morgan fingerprint density at radius 3 is 1.60 bits per heavy atom. The standard InChI is InChI=1S/C24H28FN5O5.C22H26FN5O3.ClH/c1-14-27-18(19-11-21(35-29-19)16-5-7-30(8-6-16)23(32)13-31)10-20(28-14)24(33)26-12-15-3-4-17(25)22(9-15)34-2;1-13-26-17(18-11-20(31-28-18)15-5-7-24-8-6-15)10-19(27-13)22(29)25-12-14-3-4-16(23)21(9-14)30-2;/h3-4,9-10,16,21,31H,5-8,11-13H2,1-2H3,(H,26,33);3-4,9-10,15,20,24H,5-8,11-12H2,1-2H3,(H,25,29);1H. The molecule has 0 bridgehead atoms. The van der Waals surface area contributed by atoms with Crippen LogP contribution in [0.1, 0.15) is 93.7 Å². The number of hydrogen-bond acceptors (Lipinski definition) is 15. The number of carbonyl (C=O) groups excluding carboxylic acids is 3. The molecular formula is C46H55ClF2N10O8. The summed E-state index contributed by atoms with van der Waals surface area (Å²) in [6.07, 6.45) is 4.82. The molecule has 3 amide bonds. The van der Waals surface area contributed by atoms with Gasteiger partial charge in [0.15, 0.2) is 23.1 Å². The van der Waals surface area contributed by atoms with Crippen molar-refractivity contribution in [3.8, 4) is 11.5 Å². The fourth-order valence-corrected chi connectivity index (χ4v) is 8.28. The number of hydrogen-bond donors (Lipinski definition) is 4. The highest BCUT2D eigenvalue weighted by Crippen LogP contribution is 2.30. The third-order valence-corrected chi connectivity index (χ3v) is 11.9. The zero-order valence-corrected chi connectivity index (χ0v) is 38.5. The van der Waals surface area contributed by atoms with E-state index >= 15 is 0 Å². The van der Waals surface area contributed by atoms with E-state index < -0.39 is 24.1 Å². The fraction of sp³-hybridized carbons (Fsp3) is 0.457. The van der Waals surface area contributed by atoms with Crippen LogP contribution in [0.4, 0.5) is 8.78 Å².